The maximum Gasteiger partial charge on any atom is 0.339 e. The van der Waals surface area contributed by atoms with Crippen LogP contribution in [0.25, 0.3) is 0 Å². The van der Waals surface area contributed by atoms with E-state index in [1.165, 1.54) is 19.4 Å². The summed E-state index contributed by atoms with van der Waals surface area (Å²) in [5, 5.41) is 15.2. The van der Waals surface area contributed by atoms with E-state index < -0.39 is 10.9 Å². The zero-order valence-electron chi connectivity index (χ0n) is 13.4. The largest absolute Gasteiger partial charge is 0.465 e. The fraction of sp³-hybridized carbons (Fsp3) is 0.294. The number of halogens is 1. The van der Waals surface area contributed by atoms with Gasteiger partial charge in [-0.25, -0.2) is 9.78 Å². The molecule has 8 heteroatoms. The van der Waals surface area contributed by atoms with Crippen LogP contribution in [-0.2, 0) is 4.74 Å². The summed E-state index contributed by atoms with van der Waals surface area (Å²) in [4.78, 5) is 26.5. The molecule has 25 heavy (non-hydrogen) atoms. The topological polar surface area (TPSA) is 94.4 Å². The van der Waals surface area contributed by atoms with Crippen LogP contribution in [0.1, 0.15) is 34.8 Å². The average molecular weight is 362 g/mol. The first-order chi connectivity index (χ1) is 12.0. The Balaban J connectivity index is 1.93. The third kappa shape index (κ3) is 3.88. The lowest BCUT2D eigenvalue weighted by atomic mass is 10.0. The minimum atomic E-state index is -0.668. The van der Waals surface area contributed by atoms with Crippen molar-refractivity contribution in [2.24, 2.45) is 5.92 Å². The molecule has 1 aromatic carbocycles. The van der Waals surface area contributed by atoms with Crippen LogP contribution in [-0.4, -0.2) is 23.0 Å². The predicted octanol–water partition coefficient (Wildman–Crippen LogP) is 3.99. The number of anilines is 1. The number of carbonyl (C=O) groups is 1. The molecule has 0 radical (unpaired) electrons. The van der Waals surface area contributed by atoms with Gasteiger partial charge in [0.05, 0.1) is 23.6 Å². The Kier molecular flexibility index (Phi) is 4.85. The second-order valence-electron chi connectivity index (χ2n) is 5.85. The number of methoxy groups -OCH3 is 1. The normalized spacial score (nSPS) is 14.6. The molecule has 0 spiro atoms. The molecule has 2 aromatic rings. The van der Waals surface area contributed by atoms with E-state index in [0.29, 0.717) is 10.9 Å². The molecule has 1 aliphatic rings. The molecule has 130 valence electrons. The molecular formula is C17H16ClN3O4. The second kappa shape index (κ2) is 7.06. The van der Waals surface area contributed by atoms with Crippen LogP contribution in [0, 0.1) is 16.0 Å². The van der Waals surface area contributed by atoms with Gasteiger partial charge < -0.3 is 10.1 Å². The predicted molar refractivity (Wildman–Crippen MR) is 92.8 cm³/mol. The lowest BCUT2D eigenvalue weighted by Crippen LogP contribution is -2.15. The summed E-state index contributed by atoms with van der Waals surface area (Å²) in [7, 11) is 1.21. The van der Waals surface area contributed by atoms with Crippen LogP contribution in [0.5, 0.6) is 0 Å². The molecule has 1 fully saturated rings. The molecule has 7 nitrogen and oxygen atoms in total. The van der Waals surface area contributed by atoms with Gasteiger partial charge in [-0.15, -0.1) is 0 Å². The molecule has 0 aliphatic heterocycles. The molecule has 1 heterocycles. The number of hydrogen-bond donors (Lipinski definition) is 1. The number of nitrogens with zero attached hydrogens (tertiary/aromatic N) is 2. The van der Waals surface area contributed by atoms with Crippen molar-refractivity contribution < 1.29 is 14.5 Å². The van der Waals surface area contributed by atoms with Crippen molar-refractivity contribution in [3.05, 3.63) is 62.8 Å². The van der Waals surface area contributed by atoms with Gasteiger partial charge in [-0.2, -0.15) is 0 Å². The molecule has 0 bridgehead atoms. The first kappa shape index (κ1) is 17.2. The van der Waals surface area contributed by atoms with Gasteiger partial charge in [0.25, 0.3) is 0 Å². The number of ether oxygens (including phenoxy) is 1. The van der Waals surface area contributed by atoms with Gasteiger partial charge >= 0.3 is 11.7 Å². The van der Waals surface area contributed by atoms with Crippen molar-refractivity contribution in [2.45, 2.75) is 18.9 Å². The first-order valence-corrected chi connectivity index (χ1v) is 8.12. The Hall–Kier alpha value is -2.67. The molecule has 1 saturated carbocycles. The second-order valence-corrected chi connectivity index (χ2v) is 6.29. The van der Waals surface area contributed by atoms with Crippen LogP contribution in [0.4, 0.5) is 11.5 Å². The monoisotopic (exact) mass is 361 g/mol. The molecule has 1 aromatic heterocycles. The first-order valence-electron chi connectivity index (χ1n) is 7.74. The number of aromatic nitrogens is 1. The minimum absolute atomic E-state index is 0.0363. The van der Waals surface area contributed by atoms with Crippen LogP contribution < -0.4 is 5.32 Å². The number of esters is 1. The van der Waals surface area contributed by atoms with Crippen LogP contribution in [0.15, 0.2) is 36.5 Å². The van der Waals surface area contributed by atoms with E-state index in [4.69, 9.17) is 11.6 Å². The highest BCUT2D eigenvalue weighted by molar-refractivity contribution is 6.30. The van der Waals surface area contributed by atoms with Gasteiger partial charge in [-0.1, -0.05) is 23.7 Å². The number of rotatable bonds is 6. The summed E-state index contributed by atoms with van der Waals surface area (Å²) in [5.41, 5.74) is 0.761. The van der Waals surface area contributed by atoms with Crippen LogP contribution in [0.2, 0.25) is 5.02 Å². The molecular weight excluding hydrogens is 346 g/mol. The SMILES string of the molecule is COC(=O)c1cnc(NC(c2ccc(Cl)cc2)C2CC2)c([N+](=O)[O-])c1. The fourth-order valence-electron chi connectivity index (χ4n) is 2.65. The van der Waals surface area contributed by atoms with Crippen molar-refractivity contribution in [1.82, 2.24) is 4.98 Å². The van der Waals surface area contributed by atoms with Gasteiger partial charge in [0.15, 0.2) is 0 Å². The summed E-state index contributed by atoms with van der Waals surface area (Å²) in [5.74, 6) is -0.161. The van der Waals surface area contributed by atoms with Crippen LogP contribution >= 0.6 is 11.6 Å². The van der Waals surface area contributed by atoms with E-state index in [2.05, 4.69) is 15.0 Å². The molecule has 1 aliphatic carbocycles. The summed E-state index contributed by atoms with van der Waals surface area (Å²) >= 11 is 5.93. The maximum atomic E-state index is 11.6. The van der Waals surface area contributed by atoms with E-state index in [0.717, 1.165) is 18.4 Å². The third-order valence-electron chi connectivity index (χ3n) is 4.10. The average Bonchev–Trinajstić information content (AvgIpc) is 3.44. The fourth-order valence-corrected chi connectivity index (χ4v) is 2.78. The Morgan fingerprint density at radius 1 is 1.40 bits per heavy atom. The van der Waals surface area contributed by atoms with E-state index in [1.54, 1.807) is 12.1 Å². The molecule has 0 saturated heterocycles. The molecule has 3 rings (SSSR count). The van der Waals surface area contributed by atoms with E-state index in [9.17, 15) is 14.9 Å². The number of carbonyl (C=O) groups excluding carboxylic acids is 1. The highest BCUT2D eigenvalue weighted by atomic mass is 35.5. The Morgan fingerprint density at radius 3 is 2.64 bits per heavy atom. The van der Waals surface area contributed by atoms with Crippen molar-refractivity contribution in [3.63, 3.8) is 0 Å². The molecule has 0 amide bonds. The number of hydrogen-bond acceptors (Lipinski definition) is 6. The van der Waals surface area contributed by atoms with Gasteiger partial charge in [-0.3, -0.25) is 10.1 Å². The summed E-state index contributed by atoms with van der Waals surface area (Å²) in [6, 6.07) is 8.44. The lowest BCUT2D eigenvalue weighted by Gasteiger charge is -2.19. The molecule has 1 atom stereocenters. The summed E-state index contributed by atoms with van der Waals surface area (Å²) in [6.45, 7) is 0. The van der Waals surface area contributed by atoms with Crippen molar-refractivity contribution >= 4 is 29.1 Å². The number of nitro groups is 1. The number of nitrogens with one attached hydrogen (secondary N) is 1. The van der Waals surface area contributed by atoms with Crippen molar-refractivity contribution in [1.29, 1.82) is 0 Å². The highest BCUT2D eigenvalue weighted by Gasteiger charge is 2.34. The Labute approximate surface area is 149 Å². The van der Waals surface area contributed by atoms with Crippen LogP contribution in [0.3, 0.4) is 0 Å². The summed E-state index contributed by atoms with van der Waals surface area (Å²) < 4.78 is 4.59. The van der Waals surface area contributed by atoms with Gasteiger partial charge in [0.1, 0.15) is 0 Å². The molecule has 1 unspecified atom stereocenters. The molecule has 1 N–H and O–H groups in total. The van der Waals surface area contributed by atoms with Crippen molar-refractivity contribution in [2.75, 3.05) is 12.4 Å². The van der Waals surface area contributed by atoms with Gasteiger partial charge in [0.2, 0.25) is 5.82 Å². The zero-order valence-corrected chi connectivity index (χ0v) is 14.2. The number of benzene rings is 1. The Morgan fingerprint density at radius 2 is 2.08 bits per heavy atom. The third-order valence-corrected chi connectivity index (χ3v) is 4.35. The number of pyridine rings is 1. The van der Waals surface area contributed by atoms with E-state index >= 15 is 0 Å². The smallest absolute Gasteiger partial charge is 0.339 e. The highest BCUT2D eigenvalue weighted by Crippen LogP contribution is 2.43. The van der Waals surface area contributed by atoms with E-state index in [-0.39, 0.29) is 23.1 Å². The van der Waals surface area contributed by atoms with Gasteiger partial charge in [-0.05, 0) is 36.5 Å². The van der Waals surface area contributed by atoms with Gasteiger partial charge in [0, 0.05) is 17.3 Å². The quantitative estimate of drug-likeness (QED) is 0.475. The lowest BCUT2D eigenvalue weighted by molar-refractivity contribution is -0.384. The minimum Gasteiger partial charge on any atom is -0.465 e. The standard InChI is InChI=1S/C17H16ClN3O4/c1-25-17(22)12-8-14(21(23)24)16(19-9-12)20-15(10-2-3-10)11-4-6-13(18)7-5-11/h4-10,15H,2-3H2,1H3,(H,19,20). The zero-order chi connectivity index (χ0) is 18.0. The van der Waals surface area contributed by atoms with Crippen molar-refractivity contribution in [3.8, 4) is 0 Å². The van der Waals surface area contributed by atoms with E-state index in [1.807, 2.05) is 12.1 Å². The summed E-state index contributed by atoms with van der Waals surface area (Å²) in [6.07, 6.45) is 3.34. The Bertz CT molecular complexity index is 806. The maximum absolute atomic E-state index is 11.6.